The second-order valence-electron chi connectivity index (χ2n) is 7.48. The van der Waals surface area contributed by atoms with E-state index in [0.29, 0.717) is 19.0 Å². The highest BCUT2D eigenvalue weighted by atomic mass is 16.6. The molecule has 1 aromatic carbocycles. The summed E-state index contributed by atoms with van der Waals surface area (Å²) in [5, 5.41) is 13.0. The van der Waals surface area contributed by atoms with E-state index < -0.39 is 11.9 Å². The molecule has 0 fully saturated rings. The number of nitrogens with zero attached hydrogens (tertiary/aromatic N) is 1. The molecule has 1 unspecified atom stereocenters. The molecule has 1 rings (SSSR count). The SMILES string of the molecule is C=C.C=C/C=C(\C=C/CC)CO/C(C)=C(\CC)COc1ccc(C(/C=N/O/C=C\C)CC(=O)O)cc1.CC. The summed E-state index contributed by atoms with van der Waals surface area (Å²) in [6, 6.07) is 7.34. The summed E-state index contributed by atoms with van der Waals surface area (Å²) in [5.74, 6) is 0.222. The van der Waals surface area contributed by atoms with Crippen molar-refractivity contribution in [3.63, 3.8) is 0 Å². The number of allylic oxidation sites excluding steroid dienone is 5. The van der Waals surface area contributed by atoms with E-state index in [1.807, 2.05) is 57.2 Å². The van der Waals surface area contributed by atoms with Crippen LogP contribution in [-0.2, 0) is 14.4 Å². The van der Waals surface area contributed by atoms with Crippen LogP contribution in [0.1, 0.15) is 72.3 Å². The lowest BCUT2D eigenvalue weighted by molar-refractivity contribution is -0.137. The van der Waals surface area contributed by atoms with Gasteiger partial charge in [0.1, 0.15) is 25.2 Å². The molecule has 1 atom stereocenters. The van der Waals surface area contributed by atoms with Crippen LogP contribution in [0.2, 0.25) is 0 Å². The average Bonchev–Trinajstić information content (AvgIpc) is 2.94. The number of hydrogen-bond donors (Lipinski definition) is 1. The van der Waals surface area contributed by atoms with Gasteiger partial charge < -0.3 is 19.4 Å². The molecule has 0 bridgehead atoms. The fourth-order valence-corrected chi connectivity index (χ4v) is 2.95. The molecule has 1 N–H and O–H groups in total. The van der Waals surface area contributed by atoms with E-state index in [9.17, 15) is 9.90 Å². The second-order valence-corrected chi connectivity index (χ2v) is 7.48. The summed E-state index contributed by atoms with van der Waals surface area (Å²) in [6.45, 7) is 22.5. The zero-order valence-corrected chi connectivity index (χ0v) is 24.1. The summed E-state index contributed by atoms with van der Waals surface area (Å²) >= 11 is 0. The van der Waals surface area contributed by atoms with Gasteiger partial charge in [-0.25, -0.2) is 0 Å². The Kier molecular flexibility index (Phi) is 23.8. The maximum absolute atomic E-state index is 11.2. The molecule has 0 aliphatic heterocycles. The van der Waals surface area contributed by atoms with Gasteiger partial charge in [0.25, 0.3) is 0 Å². The summed E-state index contributed by atoms with van der Waals surface area (Å²) in [6.07, 6.45) is 14.1. The summed E-state index contributed by atoms with van der Waals surface area (Å²) in [7, 11) is 0. The first kappa shape index (κ1) is 36.4. The van der Waals surface area contributed by atoms with Gasteiger partial charge in [-0.1, -0.05) is 75.9 Å². The van der Waals surface area contributed by atoms with Gasteiger partial charge in [0.2, 0.25) is 0 Å². The first-order valence-electron chi connectivity index (χ1n) is 13.0. The molecular weight excluding hydrogens is 478 g/mol. The van der Waals surface area contributed by atoms with Crippen LogP contribution in [0.15, 0.2) is 103 Å². The van der Waals surface area contributed by atoms with Gasteiger partial charge in [-0.15, -0.1) is 13.2 Å². The van der Waals surface area contributed by atoms with Crippen molar-refractivity contribution in [2.24, 2.45) is 5.16 Å². The molecule has 0 spiro atoms. The number of aliphatic carboxylic acids is 1. The molecule has 6 nitrogen and oxygen atoms in total. The number of benzene rings is 1. The molecule has 0 aliphatic carbocycles. The highest BCUT2D eigenvalue weighted by Crippen LogP contribution is 2.22. The lowest BCUT2D eigenvalue weighted by Gasteiger charge is -2.15. The van der Waals surface area contributed by atoms with Crippen molar-refractivity contribution in [3.05, 3.63) is 103 Å². The van der Waals surface area contributed by atoms with E-state index in [4.69, 9.17) is 14.3 Å². The minimum Gasteiger partial charge on any atom is -0.493 e. The molecule has 38 heavy (non-hydrogen) atoms. The monoisotopic (exact) mass is 525 g/mol. The third-order valence-corrected chi connectivity index (χ3v) is 4.89. The van der Waals surface area contributed by atoms with Crippen molar-refractivity contribution in [2.75, 3.05) is 13.2 Å². The van der Waals surface area contributed by atoms with Gasteiger partial charge in [-0.2, -0.15) is 0 Å². The predicted molar refractivity (Wildman–Crippen MR) is 161 cm³/mol. The summed E-state index contributed by atoms with van der Waals surface area (Å²) in [5.41, 5.74) is 2.94. The Balaban J connectivity index is 0. The Hall–Kier alpha value is -3.80. The zero-order valence-electron chi connectivity index (χ0n) is 24.1. The van der Waals surface area contributed by atoms with Crippen molar-refractivity contribution in [2.45, 2.75) is 66.7 Å². The minimum absolute atomic E-state index is 0.0854. The Bertz CT molecular complexity index is 924. The molecule has 210 valence electrons. The lowest BCUT2D eigenvalue weighted by Crippen LogP contribution is -2.08. The van der Waals surface area contributed by atoms with Crippen molar-refractivity contribution >= 4 is 12.2 Å². The van der Waals surface area contributed by atoms with E-state index in [1.165, 1.54) is 12.5 Å². The summed E-state index contributed by atoms with van der Waals surface area (Å²) < 4.78 is 11.9. The molecule has 0 heterocycles. The smallest absolute Gasteiger partial charge is 0.304 e. The van der Waals surface area contributed by atoms with Crippen LogP contribution in [0.5, 0.6) is 5.75 Å². The molecule has 0 saturated heterocycles. The molecule has 0 aromatic heterocycles. The third-order valence-electron chi connectivity index (χ3n) is 4.89. The van der Waals surface area contributed by atoms with Crippen LogP contribution in [0.25, 0.3) is 0 Å². The van der Waals surface area contributed by atoms with Gasteiger partial charge in [0, 0.05) is 11.5 Å². The van der Waals surface area contributed by atoms with E-state index >= 15 is 0 Å². The highest BCUT2D eigenvalue weighted by molar-refractivity contribution is 5.77. The molecule has 0 aliphatic rings. The van der Waals surface area contributed by atoms with Crippen LogP contribution < -0.4 is 4.74 Å². The van der Waals surface area contributed by atoms with E-state index in [0.717, 1.165) is 35.3 Å². The van der Waals surface area contributed by atoms with Crippen molar-refractivity contribution in [1.29, 1.82) is 0 Å². The van der Waals surface area contributed by atoms with E-state index in [-0.39, 0.29) is 6.42 Å². The number of hydrogen-bond acceptors (Lipinski definition) is 5. The van der Waals surface area contributed by atoms with Crippen molar-refractivity contribution < 1.29 is 24.2 Å². The van der Waals surface area contributed by atoms with Crippen molar-refractivity contribution in [1.82, 2.24) is 0 Å². The number of rotatable bonds is 16. The largest absolute Gasteiger partial charge is 0.493 e. The third kappa shape index (κ3) is 16.8. The molecule has 1 aromatic rings. The maximum Gasteiger partial charge on any atom is 0.304 e. The molecule has 6 heteroatoms. The second kappa shape index (κ2) is 24.9. The summed E-state index contributed by atoms with van der Waals surface area (Å²) in [4.78, 5) is 16.2. The van der Waals surface area contributed by atoms with Crippen LogP contribution in [0.3, 0.4) is 0 Å². The highest BCUT2D eigenvalue weighted by Gasteiger charge is 2.14. The maximum atomic E-state index is 11.2. The first-order valence-corrected chi connectivity index (χ1v) is 13.0. The fourth-order valence-electron chi connectivity index (χ4n) is 2.95. The first-order chi connectivity index (χ1) is 18.4. The molecule has 0 radical (unpaired) electrons. The standard InChI is InChI=1S/C28H37NO5.C2H6.C2H4/c1-6-10-12-23(11-7-2)20-32-22(5)24(9-4)21-33-27-15-13-25(14-16-27)26(18-28(30)31)19-29-34-17-8-3;2*1-2/h7-8,10-17,19,26H,2,6,9,18,20-21H2,1,3-5H3,(H,30,31);1-2H3;1-2H2/b12-10-,17-8-,23-11+,24-22+,29-19+;;. The minimum atomic E-state index is -0.910. The van der Waals surface area contributed by atoms with Crippen molar-refractivity contribution in [3.8, 4) is 5.75 Å². The predicted octanol–water partition coefficient (Wildman–Crippen LogP) is 8.77. The van der Waals surface area contributed by atoms with Gasteiger partial charge >= 0.3 is 5.97 Å². The Labute approximate surface area is 230 Å². The van der Waals surface area contributed by atoms with Crippen LogP contribution >= 0.6 is 0 Å². The lowest BCUT2D eigenvalue weighted by atomic mass is 9.97. The van der Waals surface area contributed by atoms with Gasteiger partial charge in [-0.3, -0.25) is 4.79 Å². The number of ether oxygens (including phenoxy) is 2. The Morgan fingerprint density at radius 3 is 2.32 bits per heavy atom. The number of carbonyl (C=O) groups is 1. The Morgan fingerprint density at radius 2 is 1.79 bits per heavy atom. The van der Waals surface area contributed by atoms with Gasteiger partial charge in [0.05, 0.1) is 18.4 Å². The number of carboxylic acid groups (broad SMARTS) is 1. The average molecular weight is 526 g/mol. The fraction of sp³-hybridized carbons (Fsp3) is 0.375. The van der Waals surface area contributed by atoms with Crippen LogP contribution in [-0.4, -0.2) is 30.5 Å². The van der Waals surface area contributed by atoms with Gasteiger partial charge in [0.15, 0.2) is 0 Å². The quantitative estimate of drug-likeness (QED) is 0.0767. The number of oxime groups is 1. The zero-order chi connectivity index (χ0) is 29.2. The van der Waals surface area contributed by atoms with E-state index in [1.54, 1.807) is 19.1 Å². The topological polar surface area (TPSA) is 77.3 Å². The van der Waals surface area contributed by atoms with Crippen LogP contribution in [0, 0.1) is 0 Å². The number of carboxylic acids is 1. The van der Waals surface area contributed by atoms with Gasteiger partial charge in [-0.05, 0) is 56.0 Å². The molecular formula is C32H47NO5. The van der Waals surface area contributed by atoms with E-state index in [2.05, 4.69) is 44.8 Å². The van der Waals surface area contributed by atoms with Crippen LogP contribution in [0.4, 0.5) is 0 Å². The molecule has 0 amide bonds. The Morgan fingerprint density at radius 1 is 1.13 bits per heavy atom. The normalized spacial score (nSPS) is 12.6. The molecule has 0 saturated carbocycles.